The first kappa shape index (κ1) is 14.7. The SMILES string of the molecule is CCCC(CNC(=O)c1cccc(C#N)c1)C(=O)O. The Balaban J connectivity index is 2.64. The van der Waals surface area contributed by atoms with Gasteiger partial charge in [0.15, 0.2) is 0 Å². The van der Waals surface area contributed by atoms with Gasteiger partial charge in [-0.15, -0.1) is 0 Å². The maximum absolute atomic E-state index is 11.8. The van der Waals surface area contributed by atoms with E-state index in [-0.39, 0.29) is 12.5 Å². The van der Waals surface area contributed by atoms with Crippen LogP contribution in [-0.4, -0.2) is 23.5 Å². The molecule has 1 unspecified atom stereocenters. The number of carboxylic acid groups (broad SMARTS) is 1. The van der Waals surface area contributed by atoms with Gasteiger partial charge in [-0.2, -0.15) is 5.26 Å². The second-order valence-electron chi connectivity index (χ2n) is 4.23. The van der Waals surface area contributed by atoms with Crippen molar-refractivity contribution in [2.75, 3.05) is 6.54 Å². The van der Waals surface area contributed by atoms with Crippen molar-refractivity contribution in [3.63, 3.8) is 0 Å². The third-order valence-corrected chi connectivity index (χ3v) is 2.75. The fraction of sp³-hybridized carbons (Fsp3) is 0.357. The molecule has 0 radical (unpaired) electrons. The van der Waals surface area contributed by atoms with Crippen molar-refractivity contribution in [2.45, 2.75) is 19.8 Å². The van der Waals surface area contributed by atoms with Crippen LogP contribution in [0.15, 0.2) is 24.3 Å². The Morgan fingerprint density at radius 3 is 2.79 bits per heavy atom. The van der Waals surface area contributed by atoms with Crippen molar-refractivity contribution in [1.82, 2.24) is 5.32 Å². The first-order valence-electron chi connectivity index (χ1n) is 6.09. The molecule has 2 N–H and O–H groups in total. The highest BCUT2D eigenvalue weighted by molar-refractivity contribution is 5.94. The standard InChI is InChI=1S/C14H16N2O3/c1-2-4-12(14(18)19)9-16-13(17)11-6-3-5-10(7-11)8-15/h3,5-7,12H,2,4,9H2,1H3,(H,16,17)(H,18,19). The van der Waals surface area contributed by atoms with Crippen LogP contribution in [-0.2, 0) is 4.79 Å². The van der Waals surface area contributed by atoms with Crippen molar-refractivity contribution in [1.29, 1.82) is 5.26 Å². The number of hydrogen-bond donors (Lipinski definition) is 2. The van der Waals surface area contributed by atoms with Crippen LogP contribution in [0.4, 0.5) is 0 Å². The second kappa shape index (κ2) is 7.17. The smallest absolute Gasteiger partial charge is 0.308 e. The molecular weight excluding hydrogens is 244 g/mol. The third kappa shape index (κ3) is 4.43. The molecule has 1 atom stereocenters. The molecule has 1 amide bonds. The van der Waals surface area contributed by atoms with Crippen LogP contribution in [0.3, 0.4) is 0 Å². The zero-order chi connectivity index (χ0) is 14.3. The lowest BCUT2D eigenvalue weighted by Gasteiger charge is -2.12. The van der Waals surface area contributed by atoms with Crippen LogP contribution in [0.1, 0.15) is 35.7 Å². The minimum atomic E-state index is -0.909. The van der Waals surface area contributed by atoms with Gasteiger partial charge in [0.25, 0.3) is 5.91 Å². The molecule has 0 heterocycles. The third-order valence-electron chi connectivity index (χ3n) is 2.75. The molecule has 0 aliphatic carbocycles. The highest BCUT2D eigenvalue weighted by atomic mass is 16.4. The van der Waals surface area contributed by atoms with E-state index in [4.69, 9.17) is 10.4 Å². The number of nitrogens with zero attached hydrogens (tertiary/aromatic N) is 1. The van der Waals surface area contributed by atoms with Gasteiger partial charge in [0, 0.05) is 12.1 Å². The summed E-state index contributed by atoms with van der Waals surface area (Å²) in [4.78, 5) is 22.8. The van der Waals surface area contributed by atoms with Crippen LogP contribution >= 0.6 is 0 Å². The van der Waals surface area contributed by atoms with E-state index in [1.165, 1.54) is 6.07 Å². The summed E-state index contributed by atoms with van der Waals surface area (Å²) >= 11 is 0. The molecule has 1 rings (SSSR count). The number of benzene rings is 1. The van der Waals surface area contributed by atoms with Crippen molar-refractivity contribution >= 4 is 11.9 Å². The van der Waals surface area contributed by atoms with E-state index in [0.717, 1.165) is 6.42 Å². The van der Waals surface area contributed by atoms with E-state index >= 15 is 0 Å². The van der Waals surface area contributed by atoms with Crippen LogP contribution in [0.2, 0.25) is 0 Å². The van der Waals surface area contributed by atoms with Gasteiger partial charge in [-0.05, 0) is 24.6 Å². The average molecular weight is 260 g/mol. The minimum Gasteiger partial charge on any atom is -0.481 e. The minimum absolute atomic E-state index is 0.0960. The van der Waals surface area contributed by atoms with Crippen LogP contribution in [0.5, 0.6) is 0 Å². The first-order valence-corrected chi connectivity index (χ1v) is 6.09. The Morgan fingerprint density at radius 2 is 2.21 bits per heavy atom. The monoisotopic (exact) mass is 260 g/mol. The molecule has 0 spiro atoms. The maximum Gasteiger partial charge on any atom is 0.308 e. The van der Waals surface area contributed by atoms with Crippen LogP contribution < -0.4 is 5.32 Å². The number of nitrogens with one attached hydrogen (secondary N) is 1. The molecule has 0 fully saturated rings. The number of carboxylic acids is 1. The fourth-order valence-corrected chi connectivity index (χ4v) is 1.71. The molecule has 100 valence electrons. The van der Waals surface area contributed by atoms with Gasteiger partial charge in [0.05, 0.1) is 17.6 Å². The molecular formula is C14H16N2O3. The van der Waals surface area contributed by atoms with Gasteiger partial charge < -0.3 is 10.4 Å². The summed E-state index contributed by atoms with van der Waals surface area (Å²) < 4.78 is 0. The van der Waals surface area contributed by atoms with Crippen molar-refractivity contribution in [3.05, 3.63) is 35.4 Å². The lowest BCUT2D eigenvalue weighted by atomic mass is 10.0. The number of amides is 1. The first-order chi connectivity index (χ1) is 9.08. The molecule has 0 aliphatic heterocycles. The number of nitriles is 1. The molecule has 0 aliphatic rings. The predicted octanol–water partition coefficient (Wildman–Crippen LogP) is 1.79. The van der Waals surface area contributed by atoms with E-state index in [0.29, 0.717) is 17.5 Å². The summed E-state index contributed by atoms with van der Waals surface area (Å²) in [5.41, 5.74) is 0.760. The normalized spacial score (nSPS) is 11.4. The Hall–Kier alpha value is -2.35. The maximum atomic E-state index is 11.8. The zero-order valence-electron chi connectivity index (χ0n) is 10.7. The quantitative estimate of drug-likeness (QED) is 0.815. The second-order valence-corrected chi connectivity index (χ2v) is 4.23. The van der Waals surface area contributed by atoms with Crippen LogP contribution in [0, 0.1) is 17.2 Å². The van der Waals surface area contributed by atoms with Gasteiger partial charge >= 0.3 is 5.97 Å². The Labute approximate surface area is 111 Å². The van der Waals surface area contributed by atoms with Crippen molar-refractivity contribution in [3.8, 4) is 6.07 Å². The van der Waals surface area contributed by atoms with E-state index in [1.807, 2.05) is 13.0 Å². The zero-order valence-corrected chi connectivity index (χ0v) is 10.7. The molecule has 0 saturated heterocycles. The van der Waals surface area contributed by atoms with E-state index in [1.54, 1.807) is 18.2 Å². The van der Waals surface area contributed by atoms with Gasteiger partial charge in [0.2, 0.25) is 0 Å². The van der Waals surface area contributed by atoms with E-state index in [9.17, 15) is 9.59 Å². The molecule has 5 nitrogen and oxygen atoms in total. The Bertz CT molecular complexity index is 506. The predicted molar refractivity (Wildman–Crippen MR) is 69.5 cm³/mol. The number of carbonyl (C=O) groups excluding carboxylic acids is 1. The van der Waals surface area contributed by atoms with E-state index in [2.05, 4.69) is 5.32 Å². The number of rotatable bonds is 6. The number of aliphatic carboxylic acids is 1. The van der Waals surface area contributed by atoms with Crippen molar-refractivity contribution < 1.29 is 14.7 Å². The Morgan fingerprint density at radius 1 is 1.47 bits per heavy atom. The number of hydrogen-bond acceptors (Lipinski definition) is 3. The summed E-state index contributed by atoms with van der Waals surface area (Å²) in [6, 6.07) is 8.24. The lowest BCUT2D eigenvalue weighted by molar-refractivity contribution is -0.141. The Kier molecular flexibility index (Phi) is 5.55. The summed E-state index contributed by atoms with van der Waals surface area (Å²) in [5.74, 6) is -1.85. The largest absolute Gasteiger partial charge is 0.481 e. The molecule has 0 saturated carbocycles. The summed E-state index contributed by atoms with van der Waals surface area (Å²) in [6.07, 6.45) is 1.27. The van der Waals surface area contributed by atoms with Gasteiger partial charge in [-0.3, -0.25) is 9.59 Å². The molecule has 1 aromatic carbocycles. The highest BCUT2D eigenvalue weighted by Crippen LogP contribution is 2.07. The van der Waals surface area contributed by atoms with Crippen LogP contribution in [0.25, 0.3) is 0 Å². The molecule has 19 heavy (non-hydrogen) atoms. The number of carbonyl (C=O) groups is 2. The molecule has 1 aromatic rings. The van der Waals surface area contributed by atoms with Gasteiger partial charge in [-0.25, -0.2) is 0 Å². The van der Waals surface area contributed by atoms with E-state index < -0.39 is 11.9 Å². The van der Waals surface area contributed by atoms with Crippen molar-refractivity contribution in [2.24, 2.45) is 5.92 Å². The fourth-order valence-electron chi connectivity index (χ4n) is 1.71. The molecule has 5 heteroatoms. The summed E-state index contributed by atoms with van der Waals surface area (Å²) in [6.45, 7) is 1.99. The van der Waals surface area contributed by atoms with Gasteiger partial charge in [-0.1, -0.05) is 19.4 Å². The average Bonchev–Trinajstić information content (AvgIpc) is 2.42. The highest BCUT2D eigenvalue weighted by Gasteiger charge is 2.17. The molecule has 0 bridgehead atoms. The lowest BCUT2D eigenvalue weighted by Crippen LogP contribution is -2.32. The topological polar surface area (TPSA) is 90.2 Å². The molecule has 0 aromatic heterocycles. The summed E-state index contributed by atoms with van der Waals surface area (Å²) in [7, 11) is 0. The van der Waals surface area contributed by atoms with Gasteiger partial charge in [0.1, 0.15) is 0 Å². The summed E-state index contributed by atoms with van der Waals surface area (Å²) in [5, 5.41) is 20.3.